The molecule has 5 nitrogen and oxygen atoms in total. The Balaban J connectivity index is 0.00000338. The number of guanidine groups is 1. The normalized spacial score (nSPS) is 11.0. The largest absolute Gasteiger partial charge is 0.492 e. The van der Waals surface area contributed by atoms with Crippen molar-refractivity contribution >= 4 is 41.3 Å². The van der Waals surface area contributed by atoms with Gasteiger partial charge in [0.2, 0.25) is 0 Å². The van der Waals surface area contributed by atoms with Gasteiger partial charge in [0.05, 0.1) is 11.6 Å². The van der Waals surface area contributed by atoms with Gasteiger partial charge in [0.25, 0.3) is 0 Å². The Labute approximate surface area is 177 Å². The van der Waals surface area contributed by atoms with E-state index in [4.69, 9.17) is 4.74 Å². The lowest BCUT2D eigenvalue weighted by molar-refractivity contribution is 0.322. The number of halogens is 1. The van der Waals surface area contributed by atoms with Crippen LogP contribution in [0.25, 0.3) is 0 Å². The number of hydrogen-bond donors (Lipinski definition) is 2. The van der Waals surface area contributed by atoms with E-state index >= 15 is 0 Å². The molecule has 2 rings (SSSR count). The quantitative estimate of drug-likeness (QED) is 0.244. The molecule has 0 aliphatic heterocycles. The second-order valence-corrected chi connectivity index (χ2v) is 6.87. The van der Waals surface area contributed by atoms with Crippen LogP contribution < -0.4 is 15.4 Å². The molecule has 0 saturated carbocycles. The molecule has 1 aromatic carbocycles. The summed E-state index contributed by atoms with van der Waals surface area (Å²) in [5.74, 6) is 1.71. The van der Waals surface area contributed by atoms with Gasteiger partial charge < -0.3 is 15.4 Å². The van der Waals surface area contributed by atoms with E-state index in [0.29, 0.717) is 13.2 Å². The van der Waals surface area contributed by atoms with E-state index in [1.807, 2.05) is 18.3 Å². The second-order valence-electron chi connectivity index (χ2n) is 5.67. The number of aromatic nitrogens is 1. The van der Waals surface area contributed by atoms with Gasteiger partial charge in [-0.15, -0.1) is 35.3 Å². The van der Waals surface area contributed by atoms with Crippen LogP contribution in [0.2, 0.25) is 0 Å². The van der Waals surface area contributed by atoms with E-state index in [9.17, 15) is 0 Å². The van der Waals surface area contributed by atoms with Crippen LogP contribution >= 0.6 is 35.3 Å². The van der Waals surface area contributed by atoms with Gasteiger partial charge in [0.15, 0.2) is 5.96 Å². The summed E-state index contributed by atoms with van der Waals surface area (Å²) in [5, 5.41) is 7.71. The fraction of sp³-hybridized carbons (Fsp3) is 0.474. The molecule has 0 fully saturated rings. The zero-order chi connectivity index (χ0) is 17.9. The maximum atomic E-state index is 5.72. The zero-order valence-electron chi connectivity index (χ0n) is 15.7. The van der Waals surface area contributed by atoms with Crippen LogP contribution in [-0.4, -0.2) is 37.2 Å². The first kappa shape index (κ1) is 22.7. The minimum absolute atomic E-state index is 0. The highest BCUT2D eigenvalue weighted by molar-refractivity contribution is 14.0. The highest BCUT2D eigenvalue weighted by Crippen LogP contribution is 2.13. The monoisotopic (exact) mass is 488 g/mol. The van der Waals surface area contributed by atoms with Gasteiger partial charge >= 0.3 is 0 Å². The van der Waals surface area contributed by atoms with Crippen molar-refractivity contribution in [3.63, 3.8) is 0 Å². The second kappa shape index (κ2) is 12.9. The van der Waals surface area contributed by atoms with Crippen molar-refractivity contribution in [2.75, 3.05) is 26.2 Å². The number of nitrogens with one attached hydrogen (secondary N) is 2. The van der Waals surface area contributed by atoms with Gasteiger partial charge in [0, 0.05) is 30.6 Å². The average Bonchev–Trinajstić information content (AvgIpc) is 3.08. The Kier molecular flexibility index (Phi) is 11.3. The lowest BCUT2D eigenvalue weighted by atomic mass is 10.2. The van der Waals surface area contributed by atoms with Gasteiger partial charge in [-0.3, -0.25) is 4.99 Å². The third-order valence-electron chi connectivity index (χ3n) is 3.57. The number of benzene rings is 1. The van der Waals surface area contributed by atoms with Gasteiger partial charge in [-0.1, -0.05) is 24.6 Å². The predicted molar refractivity (Wildman–Crippen MR) is 121 cm³/mol. The molecule has 1 aromatic heterocycles. The Morgan fingerprint density at radius 1 is 1.19 bits per heavy atom. The van der Waals surface area contributed by atoms with Crippen LogP contribution in [-0.2, 0) is 12.8 Å². The Bertz CT molecular complexity index is 658. The highest BCUT2D eigenvalue weighted by atomic mass is 127. The smallest absolute Gasteiger partial charge is 0.191 e. The summed E-state index contributed by atoms with van der Waals surface area (Å²) >= 11 is 1.78. The van der Waals surface area contributed by atoms with Crippen molar-refractivity contribution in [1.82, 2.24) is 15.6 Å². The molecular weight excluding hydrogens is 459 g/mol. The van der Waals surface area contributed by atoms with Crippen molar-refractivity contribution < 1.29 is 4.74 Å². The molecule has 1 heterocycles. The number of hydrogen-bond acceptors (Lipinski definition) is 4. The summed E-state index contributed by atoms with van der Waals surface area (Å²) in [5.41, 5.74) is 1.23. The number of thiazole rings is 1. The lowest BCUT2D eigenvalue weighted by Gasteiger charge is -2.12. The number of ether oxygens (including phenoxy) is 1. The number of aryl methyl sites for hydroxylation is 2. The molecule has 0 radical (unpaired) electrons. The summed E-state index contributed by atoms with van der Waals surface area (Å²) in [6.07, 6.45) is 3.89. The van der Waals surface area contributed by atoms with Crippen molar-refractivity contribution in [2.24, 2.45) is 4.99 Å². The molecule has 7 heteroatoms. The van der Waals surface area contributed by atoms with Crippen molar-refractivity contribution in [1.29, 1.82) is 0 Å². The molecule has 144 valence electrons. The van der Waals surface area contributed by atoms with E-state index in [2.05, 4.69) is 53.5 Å². The molecule has 0 atom stereocenters. The molecule has 2 aromatic rings. The molecule has 26 heavy (non-hydrogen) atoms. The number of nitrogens with zero attached hydrogens (tertiary/aromatic N) is 2. The van der Waals surface area contributed by atoms with Gasteiger partial charge in [0.1, 0.15) is 12.4 Å². The SMILES string of the molecule is CCNC(=NCCc1ncc(CC)s1)NCCOc1ccc(C)cc1.I. The summed E-state index contributed by atoms with van der Waals surface area (Å²) in [4.78, 5) is 10.4. The Morgan fingerprint density at radius 3 is 2.62 bits per heavy atom. The molecule has 0 aliphatic carbocycles. The van der Waals surface area contributed by atoms with Crippen LogP contribution in [0.15, 0.2) is 35.5 Å². The fourth-order valence-corrected chi connectivity index (χ4v) is 3.06. The summed E-state index contributed by atoms with van der Waals surface area (Å²) < 4.78 is 5.72. The van der Waals surface area contributed by atoms with Crippen LogP contribution in [0.5, 0.6) is 5.75 Å². The van der Waals surface area contributed by atoms with E-state index in [0.717, 1.165) is 42.6 Å². The minimum Gasteiger partial charge on any atom is -0.492 e. The zero-order valence-corrected chi connectivity index (χ0v) is 18.9. The van der Waals surface area contributed by atoms with E-state index < -0.39 is 0 Å². The average molecular weight is 488 g/mol. The molecule has 0 unspecified atom stereocenters. The summed E-state index contributed by atoms with van der Waals surface area (Å²) in [7, 11) is 0. The molecule has 0 aliphatic rings. The van der Waals surface area contributed by atoms with Gasteiger partial charge in [-0.2, -0.15) is 0 Å². The first-order valence-corrected chi connectivity index (χ1v) is 9.68. The predicted octanol–water partition coefficient (Wildman–Crippen LogP) is 3.81. The van der Waals surface area contributed by atoms with Crippen LogP contribution in [0.1, 0.15) is 29.3 Å². The molecule has 0 saturated heterocycles. The molecule has 0 amide bonds. The topological polar surface area (TPSA) is 58.5 Å². The van der Waals surface area contributed by atoms with E-state index in [-0.39, 0.29) is 24.0 Å². The minimum atomic E-state index is 0. The van der Waals surface area contributed by atoms with Crippen molar-refractivity contribution in [2.45, 2.75) is 33.6 Å². The molecule has 0 spiro atoms. The molecule has 0 bridgehead atoms. The lowest BCUT2D eigenvalue weighted by Crippen LogP contribution is -2.39. The summed E-state index contributed by atoms with van der Waals surface area (Å²) in [6.45, 7) is 9.15. The summed E-state index contributed by atoms with van der Waals surface area (Å²) in [6, 6.07) is 8.09. The van der Waals surface area contributed by atoms with E-state index in [1.54, 1.807) is 11.3 Å². The first-order chi connectivity index (χ1) is 12.2. The maximum absolute atomic E-state index is 5.72. The highest BCUT2D eigenvalue weighted by Gasteiger charge is 2.01. The number of aliphatic imine (C=N–C) groups is 1. The third-order valence-corrected chi connectivity index (χ3v) is 4.78. The third kappa shape index (κ3) is 8.35. The molecular formula is C19H29IN4OS. The van der Waals surface area contributed by atoms with Crippen LogP contribution in [0, 0.1) is 6.92 Å². The standard InChI is InChI=1S/C19H28N4OS.HI/c1-4-17-14-23-18(25-17)10-11-21-19(20-5-2)22-12-13-24-16-8-6-15(3)7-9-16;/h6-9,14H,4-5,10-13H2,1-3H3,(H2,20,21,22);1H. The molecule has 2 N–H and O–H groups in total. The fourth-order valence-electron chi connectivity index (χ4n) is 2.20. The van der Waals surface area contributed by atoms with Crippen LogP contribution in [0.3, 0.4) is 0 Å². The Morgan fingerprint density at radius 2 is 1.96 bits per heavy atom. The maximum Gasteiger partial charge on any atom is 0.191 e. The van der Waals surface area contributed by atoms with Crippen molar-refractivity contribution in [3.05, 3.63) is 45.9 Å². The number of rotatable bonds is 9. The van der Waals surface area contributed by atoms with Crippen molar-refractivity contribution in [3.8, 4) is 5.75 Å². The van der Waals surface area contributed by atoms with E-state index in [1.165, 1.54) is 10.4 Å². The first-order valence-electron chi connectivity index (χ1n) is 8.86. The van der Waals surface area contributed by atoms with Gasteiger partial charge in [-0.05, 0) is 32.4 Å². The Hall–Kier alpha value is -1.35. The van der Waals surface area contributed by atoms with Crippen LogP contribution in [0.4, 0.5) is 0 Å². The van der Waals surface area contributed by atoms with Gasteiger partial charge in [-0.25, -0.2) is 4.98 Å².